The molecule has 0 heterocycles. The lowest BCUT2D eigenvalue weighted by atomic mass is 9.91. The molecule has 0 N–H and O–H groups in total. The maximum atomic E-state index is 11.8. The van der Waals surface area contributed by atoms with Gasteiger partial charge in [-0.15, -0.1) is 0 Å². The van der Waals surface area contributed by atoms with E-state index in [2.05, 4.69) is 20.8 Å². The minimum absolute atomic E-state index is 0.0412. The second-order valence-corrected chi connectivity index (χ2v) is 23.1. The lowest BCUT2D eigenvalue weighted by Gasteiger charge is -2.20. The fourth-order valence-electron chi connectivity index (χ4n) is 7.20. The Kier molecular flexibility index (Phi) is 42.4. The fraction of sp³-hybridized carbons (Fsp3) is 0.583. The van der Waals surface area contributed by atoms with Crippen LogP contribution >= 0.6 is 0 Å². The maximum absolute atomic E-state index is 11.8. The lowest BCUT2D eigenvalue weighted by molar-refractivity contribution is -0.158. The van der Waals surface area contributed by atoms with Crippen LogP contribution in [0, 0.1) is 16.2 Å². The van der Waals surface area contributed by atoms with Gasteiger partial charge in [-0.2, -0.15) is 0 Å². The third-order valence-electron chi connectivity index (χ3n) is 14.4. The maximum Gasteiger partial charge on any atom is 0.330 e. The van der Waals surface area contributed by atoms with E-state index in [4.69, 9.17) is 42.6 Å². The monoisotopic (exact) mass is 1210 g/mol. The summed E-state index contributed by atoms with van der Waals surface area (Å²) in [6.07, 6.45) is 29.4. The molecule has 87 heavy (non-hydrogen) atoms. The molecule has 0 saturated carbocycles. The number of benzene rings is 3. The summed E-state index contributed by atoms with van der Waals surface area (Å²) >= 11 is 0. The first-order valence-corrected chi connectivity index (χ1v) is 31.9. The van der Waals surface area contributed by atoms with E-state index < -0.39 is 34.2 Å². The number of unbranched alkanes of at least 4 members (excludes halogenated alkanes) is 12. The van der Waals surface area contributed by atoms with Crippen LogP contribution in [0.4, 0.5) is 0 Å². The molecule has 0 aliphatic carbocycles. The van der Waals surface area contributed by atoms with E-state index >= 15 is 0 Å². The van der Waals surface area contributed by atoms with Crippen molar-refractivity contribution < 1.29 is 71.4 Å². The molecule has 0 saturated heterocycles. The standard InChI is InChI=1S/C25H38O5.C24H36O5.C23H34O5/c1-5-7-8-9-10-11-18-28-22-15-12-21(13-16-22)14-17-23(26)29-19-20-30-24(27)25(3,4)6-2;1-5-7-8-9-10-17-27-21-14-11-20(12-15-21)13-16-22(25)28-18-19-29-23(26)24(3,4)6-2;1-5-7-8-9-16-26-20-13-10-19(11-14-20)12-15-21(24)27-17-18-28-22(25)23(3,4)6-2/h12-17H,5-11,18-20H2,1-4H3;11-16H,5-10,17-19H2,1-4H3;10-15H,5-9,16-18H2,1-4H3/b17-14+;16-13+;15-12+. The summed E-state index contributed by atoms with van der Waals surface area (Å²) in [6, 6.07) is 22.7. The van der Waals surface area contributed by atoms with Gasteiger partial charge < -0.3 is 42.6 Å². The van der Waals surface area contributed by atoms with Crippen LogP contribution in [0.15, 0.2) is 91.0 Å². The Hall–Kier alpha value is -6.90. The summed E-state index contributed by atoms with van der Waals surface area (Å²) in [5.74, 6) is 0.235. The third-order valence-corrected chi connectivity index (χ3v) is 14.4. The molecule has 3 aromatic carbocycles. The Balaban J connectivity index is 0.000000653. The van der Waals surface area contributed by atoms with Crippen molar-refractivity contribution in [2.75, 3.05) is 59.5 Å². The van der Waals surface area contributed by atoms with E-state index in [1.807, 2.05) is 135 Å². The van der Waals surface area contributed by atoms with Crippen LogP contribution in [0.5, 0.6) is 17.2 Å². The molecule has 0 spiro atoms. The van der Waals surface area contributed by atoms with Gasteiger partial charge in [0.1, 0.15) is 56.9 Å². The van der Waals surface area contributed by atoms with Crippen molar-refractivity contribution in [3.63, 3.8) is 0 Å². The van der Waals surface area contributed by atoms with Gasteiger partial charge in [0.05, 0.1) is 36.1 Å². The summed E-state index contributed by atoms with van der Waals surface area (Å²) in [6.45, 7) is 25.9. The van der Waals surface area contributed by atoms with Crippen LogP contribution in [0.2, 0.25) is 0 Å². The van der Waals surface area contributed by atoms with Crippen molar-refractivity contribution in [2.24, 2.45) is 16.2 Å². The van der Waals surface area contributed by atoms with Crippen molar-refractivity contribution in [1.82, 2.24) is 0 Å². The molecule has 15 heteroatoms. The molecule has 0 fully saturated rings. The number of carbonyl (C=O) groups is 6. The molecular formula is C72H108O15. The number of hydrogen-bond acceptors (Lipinski definition) is 15. The largest absolute Gasteiger partial charge is 0.494 e. The van der Waals surface area contributed by atoms with Gasteiger partial charge in [-0.25, -0.2) is 14.4 Å². The smallest absolute Gasteiger partial charge is 0.330 e. The van der Waals surface area contributed by atoms with Crippen molar-refractivity contribution in [2.45, 2.75) is 199 Å². The SMILES string of the molecule is CCCCCCCCOc1ccc(/C=C/C(=O)OCCOC(=O)C(C)(C)CC)cc1.CCCCCCCOc1ccc(/C=C/C(=O)OCCOC(=O)C(C)(C)CC)cc1.CCCCCCOc1ccc(/C=C/C(=O)OCCOC(=O)C(C)(C)CC)cc1. The van der Waals surface area contributed by atoms with Crippen LogP contribution in [-0.2, 0) is 57.2 Å². The lowest BCUT2D eigenvalue weighted by Crippen LogP contribution is -2.27. The van der Waals surface area contributed by atoms with Crippen molar-refractivity contribution >= 4 is 54.0 Å². The predicted octanol–water partition coefficient (Wildman–Crippen LogP) is 16.7. The van der Waals surface area contributed by atoms with Gasteiger partial charge in [0.2, 0.25) is 0 Å². The number of ether oxygens (including phenoxy) is 9. The first kappa shape index (κ1) is 78.1. The number of esters is 6. The van der Waals surface area contributed by atoms with E-state index in [9.17, 15) is 28.8 Å². The molecule has 0 atom stereocenters. The summed E-state index contributed by atoms with van der Waals surface area (Å²) in [5.41, 5.74) is 1.09. The molecule has 3 rings (SSSR count). The quantitative estimate of drug-likeness (QED) is 0.0226. The van der Waals surface area contributed by atoms with E-state index in [-0.39, 0.29) is 57.5 Å². The number of hydrogen-bond donors (Lipinski definition) is 0. The van der Waals surface area contributed by atoms with Gasteiger partial charge >= 0.3 is 35.8 Å². The Morgan fingerprint density at radius 2 is 0.517 bits per heavy atom. The second-order valence-electron chi connectivity index (χ2n) is 23.1. The minimum atomic E-state index is -0.519. The zero-order valence-corrected chi connectivity index (χ0v) is 55.1. The molecule has 15 nitrogen and oxygen atoms in total. The Labute approximate surface area is 522 Å². The molecule has 0 bridgehead atoms. The molecule has 0 aromatic heterocycles. The highest BCUT2D eigenvalue weighted by molar-refractivity contribution is 5.88. The third kappa shape index (κ3) is 38.8. The zero-order chi connectivity index (χ0) is 64.6. The van der Waals surface area contributed by atoms with Crippen LogP contribution in [0.3, 0.4) is 0 Å². The van der Waals surface area contributed by atoms with Crippen molar-refractivity contribution in [3.05, 3.63) is 108 Å². The predicted molar refractivity (Wildman–Crippen MR) is 347 cm³/mol. The average Bonchev–Trinajstić information content (AvgIpc) is 3.68. The van der Waals surface area contributed by atoms with Crippen LogP contribution < -0.4 is 14.2 Å². The minimum Gasteiger partial charge on any atom is -0.494 e. The van der Waals surface area contributed by atoms with E-state index in [1.54, 1.807) is 18.2 Å². The highest BCUT2D eigenvalue weighted by Gasteiger charge is 2.28. The van der Waals surface area contributed by atoms with Gasteiger partial charge in [0, 0.05) is 18.2 Å². The fourth-order valence-corrected chi connectivity index (χ4v) is 7.20. The molecule has 3 aromatic rings. The molecule has 0 amide bonds. The Morgan fingerprint density at radius 3 is 0.759 bits per heavy atom. The van der Waals surface area contributed by atoms with Crippen LogP contribution in [0.25, 0.3) is 18.2 Å². The van der Waals surface area contributed by atoms with Gasteiger partial charge in [-0.1, -0.05) is 155 Å². The number of carbonyl (C=O) groups excluding carboxylic acids is 6. The van der Waals surface area contributed by atoms with Gasteiger partial charge in [0.15, 0.2) is 0 Å². The molecule has 486 valence electrons. The molecule has 0 aliphatic heterocycles. The van der Waals surface area contributed by atoms with Crippen LogP contribution in [0.1, 0.15) is 215 Å². The molecule has 0 unspecified atom stereocenters. The van der Waals surface area contributed by atoms with Crippen LogP contribution in [-0.4, -0.2) is 95.3 Å². The number of rotatable bonds is 42. The van der Waals surface area contributed by atoms with Gasteiger partial charge in [0.25, 0.3) is 0 Å². The zero-order valence-electron chi connectivity index (χ0n) is 55.1. The second kappa shape index (κ2) is 47.2. The van der Waals surface area contributed by atoms with E-state index in [0.717, 1.165) is 73.0 Å². The first-order valence-electron chi connectivity index (χ1n) is 31.9. The van der Waals surface area contributed by atoms with Gasteiger partial charge in [-0.05, 0) is 151 Å². The summed E-state index contributed by atoms with van der Waals surface area (Å²) in [4.78, 5) is 70.7. The van der Waals surface area contributed by atoms with Crippen molar-refractivity contribution in [1.29, 1.82) is 0 Å². The normalized spacial score (nSPS) is 11.4. The van der Waals surface area contributed by atoms with Gasteiger partial charge in [-0.3, -0.25) is 14.4 Å². The average molecular weight is 1210 g/mol. The van der Waals surface area contributed by atoms with E-state index in [0.29, 0.717) is 19.3 Å². The molecule has 0 aliphatic rings. The summed E-state index contributed by atoms with van der Waals surface area (Å²) in [5, 5.41) is 0. The molecular weight excluding hydrogens is 1100 g/mol. The molecule has 0 radical (unpaired) electrons. The Morgan fingerprint density at radius 1 is 0.299 bits per heavy atom. The first-order chi connectivity index (χ1) is 41.7. The Bertz CT molecular complexity index is 2430. The topological polar surface area (TPSA) is 185 Å². The summed E-state index contributed by atoms with van der Waals surface area (Å²) < 4.78 is 47.7. The highest BCUT2D eigenvalue weighted by atomic mass is 16.6. The van der Waals surface area contributed by atoms with Crippen molar-refractivity contribution in [3.8, 4) is 17.2 Å². The summed E-state index contributed by atoms with van der Waals surface area (Å²) in [7, 11) is 0. The van der Waals surface area contributed by atoms with E-state index in [1.165, 1.54) is 95.3 Å². The highest BCUT2D eigenvalue weighted by Crippen LogP contribution is 2.24.